The molecule has 1 aliphatic carbocycles. The van der Waals surface area contributed by atoms with Gasteiger partial charge in [-0.25, -0.2) is 0 Å². The lowest BCUT2D eigenvalue weighted by atomic mass is 9.78. The van der Waals surface area contributed by atoms with E-state index >= 15 is 0 Å². The van der Waals surface area contributed by atoms with Gasteiger partial charge in [0.05, 0.1) is 17.6 Å². The molecule has 3 N–H and O–H groups in total. The van der Waals surface area contributed by atoms with Gasteiger partial charge in [-0.15, -0.1) is 0 Å². The van der Waals surface area contributed by atoms with E-state index in [0.29, 0.717) is 38.8 Å². The Bertz CT molecular complexity index is 364. The number of hydrogen-bond donors (Lipinski definition) is 3. The highest BCUT2D eigenvalue weighted by Gasteiger charge is 2.39. The van der Waals surface area contributed by atoms with Crippen molar-refractivity contribution in [3.05, 3.63) is 0 Å². The average Bonchev–Trinajstić information content (AvgIpc) is 2.35. The number of β-amino-alcohol motifs (C(OH)–C–C–N with tert-alkyl or cyclic N) is 1. The van der Waals surface area contributed by atoms with Crippen LogP contribution in [0.15, 0.2) is 0 Å². The van der Waals surface area contributed by atoms with Crippen molar-refractivity contribution in [1.29, 1.82) is 0 Å². The lowest BCUT2D eigenvalue weighted by molar-refractivity contribution is -0.145. The largest absolute Gasteiger partial charge is 0.481 e. The maximum absolute atomic E-state index is 11.6. The highest BCUT2D eigenvalue weighted by Crippen LogP contribution is 2.33. The molecule has 0 aromatic rings. The predicted molar refractivity (Wildman–Crippen MR) is 68.6 cm³/mol. The molecule has 1 saturated carbocycles. The monoisotopic (exact) mass is 270 g/mol. The van der Waals surface area contributed by atoms with Gasteiger partial charge in [-0.05, 0) is 32.6 Å². The number of nitrogens with zero attached hydrogens (tertiary/aromatic N) is 1. The molecule has 6 heteroatoms. The van der Waals surface area contributed by atoms with Crippen molar-refractivity contribution in [2.75, 3.05) is 19.6 Å². The van der Waals surface area contributed by atoms with Gasteiger partial charge >= 0.3 is 5.97 Å². The molecule has 0 spiro atoms. The molecule has 1 amide bonds. The molecule has 1 unspecified atom stereocenters. The minimum atomic E-state index is -0.849. The molecule has 2 aliphatic rings. The van der Waals surface area contributed by atoms with Crippen molar-refractivity contribution in [3.63, 3.8) is 0 Å². The maximum Gasteiger partial charge on any atom is 0.306 e. The number of carbonyl (C=O) groups is 2. The number of nitrogens with one attached hydrogen (secondary N) is 1. The predicted octanol–water partition coefficient (Wildman–Crippen LogP) is -0.187. The quantitative estimate of drug-likeness (QED) is 0.661. The van der Waals surface area contributed by atoms with Crippen LogP contribution in [0.1, 0.15) is 32.6 Å². The van der Waals surface area contributed by atoms with Crippen LogP contribution in [-0.2, 0) is 9.59 Å². The van der Waals surface area contributed by atoms with Gasteiger partial charge in [0.15, 0.2) is 0 Å². The Hall–Kier alpha value is -1.14. The van der Waals surface area contributed by atoms with E-state index in [1.807, 2.05) is 11.8 Å². The smallest absolute Gasteiger partial charge is 0.306 e. The first-order valence-electron chi connectivity index (χ1n) is 6.88. The normalized spacial score (nSPS) is 36.8. The number of hydrogen-bond acceptors (Lipinski definition) is 4. The first kappa shape index (κ1) is 14.3. The highest BCUT2D eigenvalue weighted by molar-refractivity contribution is 5.82. The number of aliphatic carboxylic acids is 1. The average molecular weight is 270 g/mol. The molecule has 108 valence electrons. The second-order valence-corrected chi connectivity index (χ2v) is 5.77. The fourth-order valence-electron chi connectivity index (χ4n) is 2.98. The Kier molecular flexibility index (Phi) is 4.10. The van der Waals surface area contributed by atoms with E-state index in [1.165, 1.54) is 0 Å². The van der Waals surface area contributed by atoms with E-state index in [-0.39, 0.29) is 17.9 Å². The third kappa shape index (κ3) is 3.25. The first-order valence-corrected chi connectivity index (χ1v) is 6.88. The maximum atomic E-state index is 11.6. The fourth-order valence-corrected chi connectivity index (χ4v) is 2.98. The standard InChI is InChI=1S/C13H22N2O4/c1-9-11(16)14-6-7-15(9)8-13(19)4-2-10(3-5-13)12(17)18/h9-10,19H,2-8H2,1H3,(H,14,16)(H,17,18). The Morgan fingerprint density at radius 2 is 2.11 bits per heavy atom. The van der Waals surface area contributed by atoms with Crippen molar-refractivity contribution >= 4 is 11.9 Å². The third-order valence-corrected chi connectivity index (χ3v) is 4.39. The van der Waals surface area contributed by atoms with Crippen molar-refractivity contribution in [3.8, 4) is 0 Å². The summed E-state index contributed by atoms with van der Waals surface area (Å²) in [6.45, 7) is 3.63. The number of aliphatic hydroxyl groups is 1. The van der Waals surface area contributed by atoms with Crippen molar-refractivity contribution in [2.24, 2.45) is 5.92 Å². The van der Waals surface area contributed by atoms with E-state index in [1.54, 1.807) is 0 Å². The SMILES string of the molecule is CC1C(=O)NCCN1CC1(O)CCC(C(=O)O)CC1. The van der Waals surface area contributed by atoms with Crippen LogP contribution in [0.25, 0.3) is 0 Å². The lowest BCUT2D eigenvalue weighted by Crippen LogP contribution is -2.58. The molecule has 2 rings (SSSR count). The molecule has 1 aliphatic heterocycles. The summed E-state index contributed by atoms with van der Waals surface area (Å²) in [5, 5.41) is 22.3. The zero-order valence-corrected chi connectivity index (χ0v) is 11.3. The van der Waals surface area contributed by atoms with E-state index in [9.17, 15) is 14.7 Å². The molecule has 1 atom stereocenters. The van der Waals surface area contributed by atoms with Gasteiger partial charge in [0.1, 0.15) is 0 Å². The highest BCUT2D eigenvalue weighted by atomic mass is 16.4. The Morgan fingerprint density at radius 1 is 1.47 bits per heavy atom. The van der Waals surface area contributed by atoms with E-state index in [2.05, 4.69) is 5.32 Å². The topological polar surface area (TPSA) is 89.9 Å². The zero-order valence-electron chi connectivity index (χ0n) is 11.3. The van der Waals surface area contributed by atoms with Crippen molar-refractivity contribution < 1.29 is 19.8 Å². The molecule has 2 fully saturated rings. The number of rotatable bonds is 3. The minimum Gasteiger partial charge on any atom is -0.481 e. The number of amides is 1. The van der Waals surface area contributed by atoms with E-state index in [0.717, 1.165) is 6.54 Å². The van der Waals surface area contributed by atoms with Crippen LogP contribution < -0.4 is 5.32 Å². The molecular weight excluding hydrogens is 248 g/mol. The summed E-state index contributed by atoms with van der Waals surface area (Å²) >= 11 is 0. The van der Waals surface area contributed by atoms with Crippen LogP contribution >= 0.6 is 0 Å². The summed E-state index contributed by atoms with van der Waals surface area (Å²) in [6, 6.07) is -0.227. The third-order valence-electron chi connectivity index (χ3n) is 4.39. The number of piperazine rings is 1. The van der Waals surface area contributed by atoms with Crippen LogP contribution in [-0.4, -0.2) is 58.3 Å². The molecule has 19 heavy (non-hydrogen) atoms. The molecule has 1 saturated heterocycles. The zero-order chi connectivity index (χ0) is 14.0. The second-order valence-electron chi connectivity index (χ2n) is 5.77. The summed E-state index contributed by atoms with van der Waals surface area (Å²) in [6.07, 6.45) is 2.02. The molecule has 1 heterocycles. The number of carboxylic acid groups (broad SMARTS) is 1. The summed E-state index contributed by atoms with van der Waals surface area (Å²) in [5.74, 6) is -1.11. The summed E-state index contributed by atoms with van der Waals surface area (Å²) in [7, 11) is 0. The van der Waals surface area contributed by atoms with Gasteiger partial charge in [0.2, 0.25) is 5.91 Å². The summed E-state index contributed by atoms with van der Waals surface area (Å²) < 4.78 is 0. The van der Waals surface area contributed by atoms with Gasteiger partial charge in [-0.1, -0.05) is 0 Å². The van der Waals surface area contributed by atoms with Crippen molar-refractivity contribution in [2.45, 2.75) is 44.2 Å². The minimum absolute atomic E-state index is 0.00549. The number of carboxylic acids is 1. The fraction of sp³-hybridized carbons (Fsp3) is 0.846. The first-order chi connectivity index (χ1) is 8.91. The Morgan fingerprint density at radius 3 is 2.68 bits per heavy atom. The van der Waals surface area contributed by atoms with Gasteiger partial charge in [0.25, 0.3) is 0 Å². The number of carbonyl (C=O) groups excluding carboxylic acids is 1. The van der Waals surface area contributed by atoms with Crippen LogP contribution in [0, 0.1) is 5.92 Å². The van der Waals surface area contributed by atoms with Crippen LogP contribution in [0.2, 0.25) is 0 Å². The Balaban J connectivity index is 1.91. The summed E-state index contributed by atoms with van der Waals surface area (Å²) in [4.78, 5) is 24.5. The van der Waals surface area contributed by atoms with Gasteiger partial charge in [-0.3, -0.25) is 14.5 Å². The van der Waals surface area contributed by atoms with Gasteiger partial charge in [-0.2, -0.15) is 0 Å². The van der Waals surface area contributed by atoms with Crippen LogP contribution in [0.3, 0.4) is 0 Å². The van der Waals surface area contributed by atoms with Crippen LogP contribution in [0.4, 0.5) is 0 Å². The lowest BCUT2D eigenvalue weighted by Gasteiger charge is -2.41. The van der Waals surface area contributed by atoms with E-state index in [4.69, 9.17) is 5.11 Å². The molecule has 0 radical (unpaired) electrons. The Labute approximate surface area is 112 Å². The molecular formula is C13H22N2O4. The summed E-state index contributed by atoms with van der Waals surface area (Å²) in [5.41, 5.74) is -0.849. The van der Waals surface area contributed by atoms with E-state index < -0.39 is 11.6 Å². The van der Waals surface area contributed by atoms with Gasteiger partial charge < -0.3 is 15.5 Å². The molecule has 0 aromatic carbocycles. The second kappa shape index (κ2) is 5.46. The molecule has 0 bridgehead atoms. The molecule has 6 nitrogen and oxygen atoms in total. The van der Waals surface area contributed by atoms with Crippen molar-refractivity contribution in [1.82, 2.24) is 10.2 Å². The van der Waals surface area contributed by atoms with Crippen LogP contribution in [0.5, 0.6) is 0 Å². The molecule has 0 aromatic heterocycles. The van der Waals surface area contributed by atoms with Gasteiger partial charge in [0, 0.05) is 19.6 Å².